The minimum absolute atomic E-state index is 0.0157. The van der Waals surface area contributed by atoms with Gasteiger partial charge in [-0.15, -0.1) is 0 Å². The topological polar surface area (TPSA) is 193 Å². The van der Waals surface area contributed by atoms with Crippen LogP contribution in [0.2, 0.25) is 0 Å². The van der Waals surface area contributed by atoms with Gasteiger partial charge in [-0.3, -0.25) is 9.59 Å². The molecule has 0 amide bonds. The average Bonchev–Trinajstić information content (AvgIpc) is 3.16. The lowest BCUT2D eigenvalue weighted by Gasteiger charge is -2.50. The van der Waals surface area contributed by atoms with Crippen molar-refractivity contribution in [2.24, 2.45) is 28.8 Å². The average molecular weight is 843 g/mol. The van der Waals surface area contributed by atoms with E-state index in [1.165, 1.54) is 14.0 Å². The third kappa shape index (κ3) is 10.9. The number of carbonyl (C=O) groups is 2. The second-order valence-electron chi connectivity index (χ2n) is 18.5. The maximum absolute atomic E-state index is 14.6. The predicted molar refractivity (Wildman–Crippen MR) is 217 cm³/mol. The molecule has 2 bridgehead atoms. The number of rotatable bonds is 8. The van der Waals surface area contributed by atoms with E-state index in [-0.39, 0.29) is 44.6 Å². The lowest BCUT2D eigenvalue weighted by molar-refractivity contribution is -0.320. The highest BCUT2D eigenvalue weighted by molar-refractivity contribution is 5.88. The molecule has 3 N–H and O–H groups in total. The fraction of sp³-hybridized carbons (Fsp3) is 0.884. The van der Waals surface area contributed by atoms with Crippen molar-refractivity contribution < 1.29 is 67.6 Å². The zero-order valence-electron chi connectivity index (χ0n) is 37.8. The Bertz CT molecular complexity index is 1480. The van der Waals surface area contributed by atoms with Gasteiger partial charge in [0.05, 0.1) is 61.0 Å². The lowest BCUT2D eigenvalue weighted by Crippen LogP contribution is -2.62. The van der Waals surface area contributed by atoms with Crippen molar-refractivity contribution in [1.82, 2.24) is 4.90 Å². The third-order valence-corrected chi connectivity index (χ3v) is 13.2. The van der Waals surface area contributed by atoms with Crippen LogP contribution in [0, 0.1) is 23.7 Å². The van der Waals surface area contributed by atoms with E-state index >= 15 is 0 Å². The molecular formula is C43H74N2O14. The Morgan fingerprint density at radius 1 is 1.00 bits per heavy atom. The molecule has 4 saturated heterocycles. The molecule has 0 saturated carbocycles. The minimum atomic E-state index is -1.77. The second kappa shape index (κ2) is 19.9. The number of nitrogens with zero attached hydrogens (tertiary/aromatic N) is 2. The number of oxime groups is 1. The van der Waals surface area contributed by atoms with E-state index in [9.17, 15) is 25.0 Å². The van der Waals surface area contributed by atoms with Gasteiger partial charge in [0.2, 0.25) is 0 Å². The number of aliphatic hydroxyl groups is 2. The summed E-state index contributed by atoms with van der Waals surface area (Å²) < 4.78 is 57.9. The molecule has 4 rings (SSSR count). The number of hydrogen-bond acceptors (Lipinski definition) is 16. The Morgan fingerprint density at radius 2 is 1.66 bits per heavy atom. The number of fused-ring (bicyclic) bond motifs is 5. The molecule has 18 atom stereocenters. The second-order valence-corrected chi connectivity index (χ2v) is 18.5. The molecule has 0 aromatic heterocycles. The van der Waals surface area contributed by atoms with Gasteiger partial charge >= 0.3 is 11.9 Å². The van der Waals surface area contributed by atoms with Gasteiger partial charge in [0, 0.05) is 44.2 Å². The van der Waals surface area contributed by atoms with Crippen LogP contribution in [0.25, 0.3) is 0 Å². The van der Waals surface area contributed by atoms with E-state index in [0.717, 1.165) is 0 Å². The van der Waals surface area contributed by atoms with Gasteiger partial charge in [-0.1, -0.05) is 39.4 Å². The summed E-state index contributed by atoms with van der Waals surface area (Å²) in [5.74, 6) is -4.03. The van der Waals surface area contributed by atoms with E-state index in [1.807, 2.05) is 60.5 Å². The summed E-state index contributed by atoms with van der Waals surface area (Å²) in [6, 6.07) is -0.297. The Hall–Kier alpha value is -2.25. The van der Waals surface area contributed by atoms with Crippen LogP contribution >= 0.6 is 0 Å². The quantitative estimate of drug-likeness (QED) is 0.136. The number of likely N-dealkylation sites (N-methyl/N-ethyl adjacent to an activating group) is 1. The fourth-order valence-electron chi connectivity index (χ4n) is 9.93. The molecule has 0 aromatic carbocycles. The smallest absolute Gasteiger partial charge is 0.311 e. The number of hydrogen-bond donors (Lipinski definition) is 3. The Balaban J connectivity index is 1.95. The molecule has 16 heteroatoms. The molecule has 0 spiro atoms. The van der Waals surface area contributed by atoms with Crippen LogP contribution in [-0.4, -0.2) is 157 Å². The molecule has 59 heavy (non-hydrogen) atoms. The van der Waals surface area contributed by atoms with Crippen LogP contribution in [0.5, 0.6) is 0 Å². The highest BCUT2D eigenvalue weighted by atomic mass is 16.7. The van der Waals surface area contributed by atoms with Crippen LogP contribution in [0.15, 0.2) is 17.3 Å². The van der Waals surface area contributed by atoms with Crippen LogP contribution in [-0.2, 0) is 52.2 Å². The lowest BCUT2D eigenvalue weighted by atomic mass is 9.73. The molecule has 0 radical (unpaired) electrons. The zero-order valence-corrected chi connectivity index (χ0v) is 37.8. The maximum atomic E-state index is 14.6. The first-order valence-corrected chi connectivity index (χ1v) is 21.2. The summed E-state index contributed by atoms with van der Waals surface area (Å²) in [4.78, 5) is 28.7. The van der Waals surface area contributed by atoms with Crippen molar-refractivity contribution in [1.29, 1.82) is 0 Å². The molecule has 16 nitrogen and oxygen atoms in total. The van der Waals surface area contributed by atoms with E-state index in [1.54, 1.807) is 27.7 Å². The van der Waals surface area contributed by atoms with Gasteiger partial charge in [-0.05, 0) is 80.5 Å². The summed E-state index contributed by atoms with van der Waals surface area (Å²) in [7, 11) is 5.31. The molecule has 0 aliphatic carbocycles. The first kappa shape index (κ1) is 49.4. The Labute approximate surface area is 351 Å². The van der Waals surface area contributed by atoms with E-state index in [2.05, 4.69) is 11.7 Å². The molecule has 4 heterocycles. The monoisotopic (exact) mass is 843 g/mol. The highest BCUT2D eigenvalue weighted by Gasteiger charge is 2.55. The number of carbonyl (C=O) groups excluding carboxylic acids is 2. The molecule has 0 unspecified atom stereocenters. The summed E-state index contributed by atoms with van der Waals surface area (Å²) in [5, 5.41) is 38.6. The zero-order chi connectivity index (χ0) is 44.4. The Morgan fingerprint density at radius 3 is 2.24 bits per heavy atom. The van der Waals surface area contributed by atoms with Crippen molar-refractivity contribution in [3.8, 4) is 0 Å². The minimum Gasteiger partial charge on any atom is -0.459 e. The molecule has 4 aliphatic heterocycles. The van der Waals surface area contributed by atoms with Crippen molar-refractivity contribution in [2.75, 3.05) is 34.4 Å². The predicted octanol–water partition coefficient (Wildman–Crippen LogP) is 4.24. The van der Waals surface area contributed by atoms with Crippen molar-refractivity contribution in [3.63, 3.8) is 0 Å². The number of aliphatic hydroxyl groups excluding tert-OH is 1. The van der Waals surface area contributed by atoms with Gasteiger partial charge in [-0.2, -0.15) is 0 Å². The number of cyclic esters (lactones) is 1. The molecule has 4 aliphatic rings. The van der Waals surface area contributed by atoms with Crippen LogP contribution < -0.4 is 0 Å². The van der Waals surface area contributed by atoms with E-state index in [4.69, 9.17) is 42.6 Å². The van der Waals surface area contributed by atoms with Gasteiger partial charge in [0.25, 0.3) is 0 Å². The van der Waals surface area contributed by atoms with Crippen molar-refractivity contribution >= 4 is 17.7 Å². The SMILES string of the molecule is C=C1CO[C@@H]2[C@@H](C)/C(=N/O)[C@H](C)C[C@@](C)(OC1)[C@H](O[C@@H]1O[C@H](C)C[C@H](N(C)C)[C@H]1O)[C@@H](C)[C@H](O[C@H]1C[C@@](C)(OC)[C@@H](OC(C)=O)[C@H](C)O1)[C@@H](C)C(=O)O[C@H](CC)[C@@]2(C)O. The van der Waals surface area contributed by atoms with Gasteiger partial charge in [0.15, 0.2) is 18.7 Å². The standard InChI is InChI=1S/C43H74N2O14/c1-16-31-43(12,49)37-25(5)33(44-50)23(3)18-42(11,53-21-22(2)20-52-37)36(59-40-34(47)30(45(13)14)17-24(4)54-40)26(6)35(27(7)39(48)57-31)58-32-19-41(10,51-15)38(28(8)55-32)56-29(9)46/h23-28,30-32,34-38,40,47,49-50H,2,16-21H2,1,3-15H3/b44-33+/t23-,24-,25+,26+,27-,28+,30+,31-,32+,34-,35+,36-,37-,38+,40+,41-,42-,43-/m1/s1. The molecule has 340 valence electrons. The highest BCUT2D eigenvalue weighted by Crippen LogP contribution is 2.43. The molecular weight excluding hydrogens is 768 g/mol. The number of ether oxygens (including phenoxy) is 9. The number of esters is 2. The largest absolute Gasteiger partial charge is 0.459 e. The van der Waals surface area contributed by atoms with Gasteiger partial charge in [-0.25, -0.2) is 0 Å². The molecule has 0 aromatic rings. The fourth-order valence-corrected chi connectivity index (χ4v) is 9.93. The summed E-state index contributed by atoms with van der Waals surface area (Å²) in [6.07, 6.45) is -7.79. The Kier molecular flexibility index (Phi) is 16.6. The normalized spacial score (nSPS) is 46.5. The summed E-state index contributed by atoms with van der Waals surface area (Å²) in [6.45, 7) is 23.6. The first-order chi connectivity index (χ1) is 27.4. The molecule has 4 fully saturated rings. The third-order valence-electron chi connectivity index (χ3n) is 13.2. The number of methoxy groups -OCH3 is 1. The van der Waals surface area contributed by atoms with Crippen molar-refractivity contribution in [3.05, 3.63) is 12.2 Å². The van der Waals surface area contributed by atoms with Crippen molar-refractivity contribution in [2.45, 2.75) is 186 Å². The van der Waals surface area contributed by atoms with Crippen LogP contribution in [0.1, 0.15) is 102 Å². The van der Waals surface area contributed by atoms with Gasteiger partial charge < -0.3 is 63.0 Å². The summed E-state index contributed by atoms with van der Waals surface area (Å²) >= 11 is 0. The van der Waals surface area contributed by atoms with Crippen LogP contribution in [0.4, 0.5) is 0 Å². The van der Waals surface area contributed by atoms with E-state index in [0.29, 0.717) is 17.7 Å². The summed E-state index contributed by atoms with van der Waals surface area (Å²) in [5.41, 5.74) is -3.16. The van der Waals surface area contributed by atoms with Crippen LogP contribution in [0.3, 0.4) is 0 Å². The maximum Gasteiger partial charge on any atom is 0.311 e. The van der Waals surface area contributed by atoms with E-state index < -0.39 is 108 Å². The first-order valence-electron chi connectivity index (χ1n) is 21.2. The van der Waals surface area contributed by atoms with Gasteiger partial charge in [0.1, 0.15) is 23.4 Å².